The number of ether oxygens (including phenoxy) is 4. The van der Waals surface area contributed by atoms with Crippen LogP contribution in [0, 0.1) is 11.6 Å². The summed E-state index contributed by atoms with van der Waals surface area (Å²) in [6, 6.07) is 2.64. The minimum absolute atomic E-state index is 0.00600. The van der Waals surface area contributed by atoms with Crippen LogP contribution in [0.1, 0.15) is 33.3 Å². The molecule has 0 bridgehead atoms. The number of rotatable bonds is 9. The summed E-state index contributed by atoms with van der Waals surface area (Å²) in [6.45, 7) is 4.83. The zero-order valence-electron chi connectivity index (χ0n) is 22.9. The van der Waals surface area contributed by atoms with Crippen LogP contribution in [0.15, 0.2) is 29.2 Å². The number of pyridine rings is 1. The maximum absolute atomic E-state index is 14.1. The van der Waals surface area contributed by atoms with Gasteiger partial charge in [0.1, 0.15) is 17.2 Å². The van der Waals surface area contributed by atoms with Crippen molar-refractivity contribution in [3.63, 3.8) is 0 Å². The Morgan fingerprint density at radius 3 is 2.69 bits per heavy atom. The molecule has 0 unspecified atom stereocenters. The van der Waals surface area contributed by atoms with E-state index in [1.54, 1.807) is 6.92 Å². The second-order valence-electron chi connectivity index (χ2n) is 10.0. The standard InChI is InChI=1S/C27H31F2N5O8/c1-16-14-40-21-13-33-12-19(25(36)31-11-17-2-3-18(28)10-20(17)29)23(35)24(22(33)26(37)34(16)21)41-15-42-27(38)30-4-5-32-6-8-39-9-7-32/h2-3,10,12,16,21H,4-9,11,13-15H2,1H3,(H,30,38)(H,31,36)/t16-,21+/m0/s1. The second kappa shape index (κ2) is 12.8. The molecule has 2 aromatic rings. The van der Waals surface area contributed by atoms with E-state index >= 15 is 0 Å². The molecule has 5 rings (SSSR count). The molecule has 0 saturated carbocycles. The lowest BCUT2D eigenvalue weighted by molar-refractivity contribution is 0.00498. The average Bonchev–Trinajstić information content (AvgIpc) is 3.34. The monoisotopic (exact) mass is 591 g/mol. The number of carbonyl (C=O) groups is 3. The van der Waals surface area contributed by atoms with Gasteiger partial charge in [0.25, 0.3) is 11.8 Å². The third kappa shape index (κ3) is 6.37. The molecular weight excluding hydrogens is 560 g/mol. The van der Waals surface area contributed by atoms with Gasteiger partial charge in [-0.1, -0.05) is 6.07 Å². The van der Waals surface area contributed by atoms with Crippen LogP contribution in [0.2, 0.25) is 0 Å². The van der Waals surface area contributed by atoms with Gasteiger partial charge < -0.3 is 39.0 Å². The molecule has 2 N–H and O–H groups in total. The molecule has 3 amide bonds. The van der Waals surface area contributed by atoms with Gasteiger partial charge in [-0.25, -0.2) is 13.6 Å². The number of fused-ring (bicyclic) bond motifs is 2. The first-order valence-corrected chi connectivity index (χ1v) is 13.5. The van der Waals surface area contributed by atoms with Gasteiger partial charge in [0.05, 0.1) is 32.4 Å². The molecule has 15 heteroatoms. The maximum atomic E-state index is 14.1. The van der Waals surface area contributed by atoms with Crippen molar-refractivity contribution in [3.8, 4) is 5.75 Å². The summed E-state index contributed by atoms with van der Waals surface area (Å²) < 4.78 is 50.3. The van der Waals surface area contributed by atoms with Crippen LogP contribution in [-0.2, 0) is 27.3 Å². The van der Waals surface area contributed by atoms with Crippen LogP contribution in [0.5, 0.6) is 5.75 Å². The Morgan fingerprint density at radius 1 is 1.14 bits per heavy atom. The Balaban J connectivity index is 1.31. The van der Waals surface area contributed by atoms with E-state index in [-0.39, 0.29) is 37.0 Å². The van der Waals surface area contributed by atoms with Crippen molar-refractivity contribution in [1.82, 2.24) is 25.0 Å². The highest BCUT2D eigenvalue weighted by atomic mass is 19.1. The Kier molecular flexibility index (Phi) is 8.99. The molecule has 3 aliphatic heterocycles. The number of alkyl carbamates (subject to hydrolysis) is 1. The van der Waals surface area contributed by atoms with Gasteiger partial charge >= 0.3 is 6.09 Å². The van der Waals surface area contributed by atoms with Crippen LogP contribution in [-0.4, -0.2) is 97.3 Å². The number of halogens is 2. The molecule has 3 aliphatic rings. The van der Waals surface area contributed by atoms with Gasteiger partial charge in [-0.05, 0) is 13.0 Å². The van der Waals surface area contributed by atoms with Crippen molar-refractivity contribution in [2.24, 2.45) is 0 Å². The summed E-state index contributed by atoms with van der Waals surface area (Å²) in [5.41, 5.74) is -1.43. The molecule has 0 radical (unpaired) electrons. The minimum atomic E-state index is -0.922. The lowest BCUT2D eigenvalue weighted by Gasteiger charge is -2.34. The minimum Gasteiger partial charge on any atom is -0.451 e. The van der Waals surface area contributed by atoms with E-state index in [1.165, 1.54) is 21.7 Å². The number of benzene rings is 1. The normalized spacial score (nSPS) is 20.1. The highest BCUT2D eigenvalue weighted by Gasteiger charge is 2.43. The number of hydrogen-bond donors (Lipinski definition) is 2. The van der Waals surface area contributed by atoms with Gasteiger partial charge in [0.2, 0.25) is 18.0 Å². The molecule has 0 spiro atoms. The van der Waals surface area contributed by atoms with Crippen LogP contribution in [0.25, 0.3) is 0 Å². The SMILES string of the molecule is C[C@H]1CO[C@@H]2Cn3cc(C(=O)NCc4ccc(F)cc4F)c(=O)c(OCOC(=O)NCCN4CCOCC4)c3C(=O)N12. The predicted octanol–water partition coefficient (Wildman–Crippen LogP) is 0.652. The third-order valence-electron chi connectivity index (χ3n) is 7.24. The van der Waals surface area contributed by atoms with E-state index < -0.39 is 59.3 Å². The van der Waals surface area contributed by atoms with E-state index in [1.807, 2.05) is 0 Å². The van der Waals surface area contributed by atoms with Crippen LogP contribution < -0.4 is 20.8 Å². The molecule has 2 fully saturated rings. The Hall–Kier alpha value is -4.08. The highest BCUT2D eigenvalue weighted by molar-refractivity contribution is 5.99. The first-order valence-electron chi connectivity index (χ1n) is 13.5. The Bertz CT molecular complexity index is 1410. The topological polar surface area (TPSA) is 141 Å². The molecule has 2 saturated heterocycles. The number of amides is 3. The molecule has 2 atom stereocenters. The lowest BCUT2D eigenvalue weighted by atomic mass is 10.1. The molecule has 0 aliphatic carbocycles. The van der Waals surface area contributed by atoms with E-state index in [2.05, 4.69) is 15.5 Å². The van der Waals surface area contributed by atoms with Crippen molar-refractivity contribution in [3.05, 3.63) is 63.1 Å². The fourth-order valence-corrected chi connectivity index (χ4v) is 5.03. The molecule has 1 aromatic heterocycles. The Morgan fingerprint density at radius 2 is 1.93 bits per heavy atom. The zero-order valence-corrected chi connectivity index (χ0v) is 22.9. The van der Waals surface area contributed by atoms with Crippen LogP contribution in [0.4, 0.5) is 13.6 Å². The molecule has 42 heavy (non-hydrogen) atoms. The summed E-state index contributed by atoms with van der Waals surface area (Å²) in [6.07, 6.45) is -0.199. The first kappa shape index (κ1) is 29.4. The van der Waals surface area contributed by atoms with Gasteiger partial charge in [-0.3, -0.25) is 19.3 Å². The predicted molar refractivity (Wildman–Crippen MR) is 141 cm³/mol. The van der Waals surface area contributed by atoms with Crippen LogP contribution in [0.3, 0.4) is 0 Å². The Labute approximate surface area is 239 Å². The number of nitrogens with one attached hydrogen (secondary N) is 2. The quantitative estimate of drug-likeness (QED) is 0.403. The van der Waals surface area contributed by atoms with Gasteiger partial charge in [-0.15, -0.1) is 0 Å². The maximum Gasteiger partial charge on any atom is 0.410 e. The number of carbonyl (C=O) groups excluding carboxylic acids is 3. The average molecular weight is 592 g/mol. The van der Waals surface area contributed by atoms with E-state index in [0.717, 1.165) is 19.2 Å². The van der Waals surface area contributed by atoms with Gasteiger partial charge in [0.15, 0.2) is 11.9 Å². The summed E-state index contributed by atoms with van der Waals surface area (Å²) in [5, 5.41) is 5.03. The van der Waals surface area contributed by atoms with Crippen molar-refractivity contribution in [2.45, 2.75) is 32.3 Å². The molecule has 1 aromatic carbocycles. The second-order valence-corrected chi connectivity index (χ2v) is 10.0. The highest BCUT2D eigenvalue weighted by Crippen LogP contribution is 2.30. The van der Waals surface area contributed by atoms with E-state index in [4.69, 9.17) is 18.9 Å². The van der Waals surface area contributed by atoms with Crippen molar-refractivity contribution in [2.75, 3.05) is 52.8 Å². The summed E-state index contributed by atoms with van der Waals surface area (Å²) in [7, 11) is 0. The number of aromatic nitrogens is 1. The summed E-state index contributed by atoms with van der Waals surface area (Å²) >= 11 is 0. The molecular formula is C27H31F2N5O8. The van der Waals surface area contributed by atoms with Crippen molar-refractivity contribution >= 4 is 17.9 Å². The van der Waals surface area contributed by atoms with Crippen LogP contribution >= 0.6 is 0 Å². The first-order chi connectivity index (χ1) is 20.2. The zero-order chi connectivity index (χ0) is 29.8. The molecule has 13 nitrogen and oxygen atoms in total. The third-order valence-corrected chi connectivity index (χ3v) is 7.24. The van der Waals surface area contributed by atoms with Crippen molar-refractivity contribution < 1.29 is 42.1 Å². The smallest absolute Gasteiger partial charge is 0.410 e. The van der Waals surface area contributed by atoms with Gasteiger partial charge in [-0.2, -0.15) is 0 Å². The fraction of sp³-hybridized carbons (Fsp3) is 0.481. The fourth-order valence-electron chi connectivity index (χ4n) is 5.03. The summed E-state index contributed by atoms with van der Waals surface area (Å²) in [5.74, 6) is -3.52. The largest absolute Gasteiger partial charge is 0.451 e. The van der Waals surface area contributed by atoms with E-state index in [9.17, 15) is 28.0 Å². The number of morpholine rings is 1. The lowest BCUT2D eigenvalue weighted by Crippen LogP contribution is -2.49. The van der Waals surface area contributed by atoms with Crippen molar-refractivity contribution in [1.29, 1.82) is 0 Å². The molecule has 226 valence electrons. The summed E-state index contributed by atoms with van der Waals surface area (Å²) in [4.78, 5) is 55.7. The number of nitrogens with zero attached hydrogens (tertiary/aromatic N) is 3. The van der Waals surface area contributed by atoms with E-state index in [0.29, 0.717) is 32.4 Å². The molecule has 4 heterocycles. The number of hydrogen-bond acceptors (Lipinski definition) is 9. The van der Waals surface area contributed by atoms with Gasteiger partial charge in [0, 0.05) is 50.6 Å².